The second-order valence-electron chi connectivity index (χ2n) is 4.72. The Hall–Kier alpha value is -1.84. The summed E-state index contributed by atoms with van der Waals surface area (Å²) in [5.74, 6) is -0.863. The number of carbonyl (C=O) groups is 2. The van der Waals surface area contributed by atoms with Gasteiger partial charge in [-0.2, -0.15) is 0 Å². The standard InChI is InChI=1S/C14H19NO3/c1-11(2)9-15(10-14(17)18)13(16)8-12-6-4-3-5-7-12/h3-7,11H,8-10H2,1-2H3,(H,17,18). The maximum Gasteiger partial charge on any atom is 0.323 e. The molecule has 0 saturated heterocycles. The van der Waals surface area contributed by atoms with Crippen molar-refractivity contribution in [3.05, 3.63) is 35.9 Å². The first-order chi connectivity index (χ1) is 8.49. The normalized spacial score (nSPS) is 10.4. The van der Waals surface area contributed by atoms with Crippen LogP contribution in [0.4, 0.5) is 0 Å². The lowest BCUT2D eigenvalue weighted by Crippen LogP contribution is -2.39. The fraction of sp³-hybridized carbons (Fsp3) is 0.429. The number of carbonyl (C=O) groups excluding carboxylic acids is 1. The number of benzene rings is 1. The second-order valence-corrected chi connectivity index (χ2v) is 4.72. The monoisotopic (exact) mass is 249 g/mol. The third-order valence-electron chi connectivity index (χ3n) is 2.46. The van der Waals surface area contributed by atoms with Crippen LogP contribution in [-0.4, -0.2) is 35.0 Å². The van der Waals surface area contributed by atoms with E-state index in [1.807, 2.05) is 44.2 Å². The molecule has 98 valence electrons. The molecule has 4 heteroatoms. The van der Waals surface area contributed by atoms with Gasteiger partial charge in [0.15, 0.2) is 0 Å². The molecule has 4 nitrogen and oxygen atoms in total. The van der Waals surface area contributed by atoms with Crippen LogP contribution >= 0.6 is 0 Å². The first-order valence-electron chi connectivity index (χ1n) is 6.02. The fourth-order valence-corrected chi connectivity index (χ4v) is 1.74. The Labute approximate surface area is 107 Å². The minimum absolute atomic E-state index is 0.141. The van der Waals surface area contributed by atoms with E-state index in [0.29, 0.717) is 6.54 Å². The van der Waals surface area contributed by atoms with Gasteiger partial charge in [0.05, 0.1) is 6.42 Å². The summed E-state index contributed by atoms with van der Waals surface area (Å²) in [5.41, 5.74) is 0.904. The largest absolute Gasteiger partial charge is 0.480 e. The molecule has 0 heterocycles. The molecule has 1 rings (SSSR count). The SMILES string of the molecule is CC(C)CN(CC(=O)O)C(=O)Cc1ccccc1. The molecule has 1 aromatic rings. The van der Waals surface area contributed by atoms with Crippen LogP contribution in [0.5, 0.6) is 0 Å². The lowest BCUT2D eigenvalue weighted by molar-refractivity contribution is -0.144. The summed E-state index contributed by atoms with van der Waals surface area (Å²) >= 11 is 0. The molecule has 0 unspecified atom stereocenters. The molecular formula is C14H19NO3. The Morgan fingerprint density at radius 2 is 1.83 bits per heavy atom. The number of aliphatic carboxylic acids is 1. The average Bonchev–Trinajstić information content (AvgIpc) is 2.28. The highest BCUT2D eigenvalue weighted by Gasteiger charge is 2.17. The lowest BCUT2D eigenvalue weighted by atomic mass is 10.1. The van der Waals surface area contributed by atoms with Crippen molar-refractivity contribution in [2.75, 3.05) is 13.1 Å². The van der Waals surface area contributed by atoms with Crippen molar-refractivity contribution in [2.24, 2.45) is 5.92 Å². The zero-order valence-electron chi connectivity index (χ0n) is 10.8. The molecule has 0 radical (unpaired) electrons. The lowest BCUT2D eigenvalue weighted by Gasteiger charge is -2.22. The Bertz CT molecular complexity index is 401. The van der Waals surface area contributed by atoms with Crippen LogP contribution in [0.25, 0.3) is 0 Å². The number of hydrogen-bond donors (Lipinski definition) is 1. The maximum absolute atomic E-state index is 12.0. The van der Waals surface area contributed by atoms with Gasteiger partial charge in [-0.3, -0.25) is 9.59 Å². The molecule has 0 atom stereocenters. The maximum atomic E-state index is 12.0. The van der Waals surface area contributed by atoms with Gasteiger partial charge in [-0.1, -0.05) is 44.2 Å². The number of hydrogen-bond acceptors (Lipinski definition) is 2. The first kappa shape index (κ1) is 14.2. The summed E-state index contributed by atoms with van der Waals surface area (Å²) < 4.78 is 0. The van der Waals surface area contributed by atoms with Gasteiger partial charge >= 0.3 is 5.97 Å². The Morgan fingerprint density at radius 1 is 1.22 bits per heavy atom. The van der Waals surface area contributed by atoms with Gasteiger partial charge < -0.3 is 10.0 Å². The van der Waals surface area contributed by atoms with Gasteiger partial charge in [0.25, 0.3) is 0 Å². The van der Waals surface area contributed by atoms with Crippen molar-refractivity contribution in [3.63, 3.8) is 0 Å². The van der Waals surface area contributed by atoms with Crippen molar-refractivity contribution in [3.8, 4) is 0 Å². The highest BCUT2D eigenvalue weighted by atomic mass is 16.4. The first-order valence-corrected chi connectivity index (χ1v) is 6.02. The van der Waals surface area contributed by atoms with Crippen LogP contribution in [0.3, 0.4) is 0 Å². The average molecular weight is 249 g/mol. The third kappa shape index (κ3) is 4.99. The van der Waals surface area contributed by atoms with E-state index in [-0.39, 0.29) is 24.8 Å². The molecule has 0 spiro atoms. The van der Waals surface area contributed by atoms with Gasteiger partial charge in [0.2, 0.25) is 5.91 Å². The predicted octanol–water partition coefficient (Wildman–Crippen LogP) is 1.80. The third-order valence-corrected chi connectivity index (χ3v) is 2.46. The molecule has 0 aromatic heterocycles. The van der Waals surface area contributed by atoms with E-state index in [4.69, 9.17) is 5.11 Å². The van der Waals surface area contributed by atoms with Crippen LogP contribution in [0.15, 0.2) is 30.3 Å². The molecule has 0 saturated carbocycles. The highest BCUT2D eigenvalue weighted by Crippen LogP contribution is 2.05. The van der Waals surface area contributed by atoms with Crippen LogP contribution in [0, 0.1) is 5.92 Å². The summed E-state index contributed by atoms with van der Waals surface area (Å²) in [7, 11) is 0. The van der Waals surface area contributed by atoms with E-state index in [2.05, 4.69) is 0 Å². The molecule has 0 aliphatic heterocycles. The van der Waals surface area contributed by atoms with Gasteiger partial charge in [-0.15, -0.1) is 0 Å². The molecule has 1 amide bonds. The minimum Gasteiger partial charge on any atom is -0.480 e. The number of rotatable bonds is 6. The van der Waals surface area contributed by atoms with Crippen LogP contribution in [0.1, 0.15) is 19.4 Å². The Kier molecular flexibility index (Phi) is 5.36. The molecule has 0 fully saturated rings. The number of amides is 1. The Balaban J connectivity index is 2.67. The molecule has 0 aliphatic rings. The predicted molar refractivity (Wildman–Crippen MR) is 69.2 cm³/mol. The molecule has 18 heavy (non-hydrogen) atoms. The molecule has 0 aliphatic carbocycles. The van der Waals surface area contributed by atoms with E-state index in [1.165, 1.54) is 4.90 Å². The summed E-state index contributed by atoms with van der Waals surface area (Å²) in [4.78, 5) is 24.2. The minimum atomic E-state index is -0.975. The van der Waals surface area contributed by atoms with Crippen molar-refractivity contribution in [1.29, 1.82) is 0 Å². The fourth-order valence-electron chi connectivity index (χ4n) is 1.74. The van der Waals surface area contributed by atoms with Gasteiger partial charge in [-0.25, -0.2) is 0 Å². The number of nitrogens with zero attached hydrogens (tertiary/aromatic N) is 1. The smallest absolute Gasteiger partial charge is 0.323 e. The number of carboxylic acids is 1. The molecular weight excluding hydrogens is 230 g/mol. The van der Waals surface area contributed by atoms with E-state index in [1.54, 1.807) is 0 Å². The van der Waals surface area contributed by atoms with Gasteiger partial charge in [-0.05, 0) is 11.5 Å². The van der Waals surface area contributed by atoms with E-state index in [0.717, 1.165) is 5.56 Å². The van der Waals surface area contributed by atoms with Gasteiger partial charge in [0, 0.05) is 6.54 Å². The summed E-state index contributed by atoms with van der Waals surface area (Å²) in [5, 5.41) is 8.82. The van der Waals surface area contributed by atoms with Crippen molar-refractivity contribution in [1.82, 2.24) is 4.90 Å². The zero-order valence-corrected chi connectivity index (χ0v) is 10.8. The van der Waals surface area contributed by atoms with E-state index >= 15 is 0 Å². The van der Waals surface area contributed by atoms with Crippen molar-refractivity contribution < 1.29 is 14.7 Å². The number of carboxylic acid groups (broad SMARTS) is 1. The van der Waals surface area contributed by atoms with Crippen LogP contribution in [-0.2, 0) is 16.0 Å². The molecule has 1 N–H and O–H groups in total. The van der Waals surface area contributed by atoms with Crippen molar-refractivity contribution >= 4 is 11.9 Å². The van der Waals surface area contributed by atoms with Crippen LogP contribution in [0.2, 0.25) is 0 Å². The zero-order chi connectivity index (χ0) is 13.5. The van der Waals surface area contributed by atoms with E-state index < -0.39 is 5.97 Å². The Morgan fingerprint density at radius 3 is 2.33 bits per heavy atom. The van der Waals surface area contributed by atoms with E-state index in [9.17, 15) is 9.59 Å². The highest BCUT2D eigenvalue weighted by molar-refractivity contribution is 5.83. The molecule has 0 bridgehead atoms. The van der Waals surface area contributed by atoms with Crippen LogP contribution < -0.4 is 0 Å². The quantitative estimate of drug-likeness (QED) is 0.836. The molecule has 1 aromatic carbocycles. The summed E-state index contributed by atoms with van der Waals surface area (Å²) in [6.07, 6.45) is 0.251. The summed E-state index contributed by atoms with van der Waals surface area (Å²) in [6.45, 7) is 4.16. The van der Waals surface area contributed by atoms with Gasteiger partial charge in [0.1, 0.15) is 6.54 Å². The topological polar surface area (TPSA) is 57.6 Å². The summed E-state index contributed by atoms with van der Waals surface area (Å²) in [6, 6.07) is 9.36. The van der Waals surface area contributed by atoms with Crippen molar-refractivity contribution in [2.45, 2.75) is 20.3 Å². The second kappa shape index (κ2) is 6.79.